The van der Waals surface area contributed by atoms with Gasteiger partial charge in [-0.3, -0.25) is 13.9 Å². The predicted octanol–water partition coefficient (Wildman–Crippen LogP) is 6.37. The lowest BCUT2D eigenvalue weighted by Crippen LogP contribution is -2.53. The second-order valence-corrected chi connectivity index (χ2v) is 13.5. The minimum atomic E-state index is -4.21. The standard InChI is InChI=1S/C32H37Cl2N3O5S/c1-22-9-16-28(17-10-22)43(40,41)37(26-13-18-29(33)30(34)19-26)21-31(38)36(20-24-11-14-27(42-3)15-12-24)23(2)32(39)35-25-7-5-4-6-8-25/h9-19,23,25H,4-8,20-21H2,1-3H3,(H,35,39)/t23-/m0/s1. The number of sulfonamides is 1. The van der Waals surface area contributed by atoms with E-state index in [-0.39, 0.29) is 39.1 Å². The Morgan fingerprint density at radius 3 is 2.21 bits per heavy atom. The molecule has 4 rings (SSSR count). The first-order chi connectivity index (χ1) is 20.5. The van der Waals surface area contributed by atoms with Crippen LogP contribution in [0.2, 0.25) is 10.0 Å². The predicted molar refractivity (Wildman–Crippen MR) is 170 cm³/mol. The molecule has 3 aromatic carbocycles. The SMILES string of the molecule is COc1ccc(CN(C(=O)CN(c2ccc(Cl)c(Cl)c2)S(=O)(=O)c2ccc(C)cc2)[C@@H](C)C(=O)NC2CCCCC2)cc1. The lowest BCUT2D eigenvalue weighted by molar-refractivity contribution is -0.139. The van der Waals surface area contributed by atoms with Crippen molar-refractivity contribution in [3.8, 4) is 5.75 Å². The number of aryl methyl sites for hydroxylation is 1. The Balaban J connectivity index is 1.69. The number of hydrogen-bond acceptors (Lipinski definition) is 5. The smallest absolute Gasteiger partial charge is 0.264 e. The molecule has 1 aliphatic rings. The van der Waals surface area contributed by atoms with Gasteiger partial charge in [0.05, 0.1) is 27.7 Å². The summed E-state index contributed by atoms with van der Waals surface area (Å²) in [6, 6.07) is 17.1. The first kappa shape index (κ1) is 32.6. The molecule has 2 amide bonds. The van der Waals surface area contributed by atoms with Crippen LogP contribution in [0, 0.1) is 6.92 Å². The van der Waals surface area contributed by atoms with E-state index in [1.807, 2.05) is 19.1 Å². The molecule has 3 aromatic rings. The Bertz CT molecular complexity index is 1530. The van der Waals surface area contributed by atoms with Crippen molar-refractivity contribution in [1.29, 1.82) is 0 Å². The van der Waals surface area contributed by atoms with Crippen LogP contribution in [-0.4, -0.2) is 50.9 Å². The number of nitrogens with zero attached hydrogens (tertiary/aromatic N) is 2. The summed E-state index contributed by atoms with van der Waals surface area (Å²) in [6.07, 6.45) is 5.02. The zero-order valence-electron chi connectivity index (χ0n) is 24.6. The number of carbonyl (C=O) groups is 2. The zero-order chi connectivity index (χ0) is 31.1. The van der Waals surface area contributed by atoms with Gasteiger partial charge < -0.3 is 15.0 Å². The third-order valence-electron chi connectivity index (χ3n) is 7.71. The summed E-state index contributed by atoms with van der Waals surface area (Å²) in [5.74, 6) is -0.181. The molecule has 1 saturated carbocycles. The molecule has 0 heterocycles. The number of rotatable bonds is 11. The van der Waals surface area contributed by atoms with E-state index in [2.05, 4.69) is 5.32 Å². The Kier molecular flexibility index (Phi) is 11.0. The van der Waals surface area contributed by atoms with E-state index >= 15 is 0 Å². The zero-order valence-corrected chi connectivity index (χ0v) is 26.9. The molecule has 0 aromatic heterocycles. The molecule has 0 bridgehead atoms. The van der Waals surface area contributed by atoms with E-state index in [1.54, 1.807) is 38.3 Å². The van der Waals surface area contributed by atoms with Crippen LogP contribution in [0.1, 0.15) is 50.2 Å². The van der Waals surface area contributed by atoms with Crippen molar-refractivity contribution in [3.05, 3.63) is 87.9 Å². The largest absolute Gasteiger partial charge is 0.497 e. The molecule has 1 fully saturated rings. The minimum Gasteiger partial charge on any atom is -0.497 e. The fourth-order valence-corrected chi connectivity index (χ4v) is 6.78. The van der Waals surface area contributed by atoms with Crippen LogP contribution in [0.3, 0.4) is 0 Å². The van der Waals surface area contributed by atoms with Gasteiger partial charge in [0.2, 0.25) is 11.8 Å². The third-order valence-corrected chi connectivity index (χ3v) is 10.2. The molecule has 1 aliphatic carbocycles. The summed E-state index contributed by atoms with van der Waals surface area (Å²) in [4.78, 5) is 29.0. The van der Waals surface area contributed by atoms with Crippen LogP contribution in [-0.2, 0) is 26.2 Å². The van der Waals surface area contributed by atoms with Gasteiger partial charge in [0.25, 0.3) is 10.0 Å². The summed E-state index contributed by atoms with van der Waals surface area (Å²) < 4.78 is 34.2. The highest BCUT2D eigenvalue weighted by Gasteiger charge is 2.33. The monoisotopic (exact) mass is 645 g/mol. The van der Waals surface area contributed by atoms with Crippen molar-refractivity contribution in [2.24, 2.45) is 0 Å². The summed E-state index contributed by atoms with van der Waals surface area (Å²) in [7, 11) is -2.65. The fraction of sp³-hybridized carbons (Fsp3) is 0.375. The van der Waals surface area contributed by atoms with Crippen molar-refractivity contribution in [2.45, 2.75) is 69.5 Å². The fourth-order valence-electron chi connectivity index (χ4n) is 5.09. The van der Waals surface area contributed by atoms with Crippen molar-refractivity contribution >= 4 is 50.7 Å². The molecule has 11 heteroatoms. The normalized spacial score (nSPS) is 14.5. The van der Waals surface area contributed by atoms with E-state index in [9.17, 15) is 18.0 Å². The molecule has 0 spiro atoms. The second kappa shape index (κ2) is 14.5. The van der Waals surface area contributed by atoms with Crippen LogP contribution < -0.4 is 14.4 Å². The highest BCUT2D eigenvalue weighted by molar-refractivity contribution is 7.92. The summed E-state index contributed by atoms with van der Waals surface area (Å²) >= 11 is 12.4. The first-order valence-corrected chi connectivity index (χ1v) is 16.5. The highest BCUT2D eigenvalue weighted by atomic mass is 35.5. The molecular formula is C32H37Cl2N3O5S. The van der Waals surface area contributed by atoms with Gasteiger partial charge in [-0.25, -0.2) is 8.42 Å². The Hall–Kier alpha value is -3.27. The summed E-state index contributed by atoms with van der Waals surface area (Å²) in [5, 5.41) is 3.49. The van der Waals surface area contributed by atoms with Crippen LogP contribution in [0.25, 0.3) is 0 Å². The molecule has 1 atom stereocenters. The van der Waals surface area contributed by atoms with Gasteiger partial charge in [-0.05, 0) is 74.7 Å². The molecule has 8 nitrogen and oxygen atoms in total. The molecule has 230 valence electrons. The van der Waals surface area contributed by atoms with Crippen LogP contribution in [0.5, 0.6) is 5.75 Å². The number of methoxy groups -OCH3 is 1. The van der Waals surface area contributed by atoms with Gasteiger partial charge >= 0.3 is 0 Å². The van der Waals surface area contributed by atoms with E-state index in [4.69, 9.17) is 27.9 Å². The van der Waals surface area contributed by atoms with Gasteiger partial charge in [0.15, 0.2) is 0 Å². The maximum Gasteiger partial charge on any atom is 0.264 e. The van der Waals surface area contributed by atoms with E-state index < -0.39 is 28.5 Å². The Labute approximate surface area is 264 Å². The number of hydrogen-bond donors (Lipinski definition) is 1. The van der Waals surface area contributed by atoms with Crippen molar-refractivity contribution in [2.75, 3.05) is 18.0 Å². The first-order valence-electron chi connectivity index (χ1n) is 14.3. The number of anilines is 1. The molecule has 0 saturated heterocycles. The van der Waals surface area contributed by atoms with Gasteiger partial charge in [0, 0.05) is 12.6 Å². The number of ether oxygens (including phenoxy) is 1. The van der Waals surface area contributed by atoms with Gasteiger partial charge in [-0.1, -0.05) is 72.3 Å². The maximum absolute atomic E-state index is 14.1. The second-order valence-electron chi connectivity index (χ2n) is 10.8. The van der Waals surface area contributed by atoms with Gasteiger partial charge in [0.1, 0.15) is 18.3 Å². The van der Waals surface area contributed by atoms with Crippen molar-refractivity contribution < 1.29 is 22.7 Å². The lowest BCUT2D eigenvalue weighted by atomic mass is 9.95. The maximum atomic E-state index is 14.1. The molecular weight excluding hydrogens is 609 g/mol. The van der Waals surface area contributed by atoms with Crippen molar-refractivity contribution in [1.82, 2.24) is 10.2 Å². The van der Waals surface area contributed by atoms with Crippen LogP contribution in [0.4, 0.5) is 5.69 Å². The molecule has 0 aliphatic heterocycles. The summed E-state index contributed by atoms with van der Waals surface area (Å²) in [5.41, 5.74) is 1.82. The third kappa shape index (κ3) is 8.22. The average Bonchev–Trinajstić information content (AvgIpc) is 3.00. The highest BCUT2D eigenvalue weighted by Crippen LogP contribution is 2.31. The van der Waals surface area contributed by atoms with E-state index in [1.165, 1.54) is 35.2 Å². The van der Waals surface area contributed by atoms with E-state index in [0.29, 0.717) is 5.75 Å². The lowest BCUT2D eigenvalue weighted by Gasteiger charge is -2.33. The topological polar surface area (TPSA) is 96.0 Å². The van der Waals surface area contributed by atoms with Gasteiger partial charge in [-0.15, -0.1) is 0 Å². The number of benzene rings is 3. The summed E-state index contributed by atoms with van der Waals surface area (Å²) in [6.45, 7) is 3.04. The number of halogens is 2. The average molecular weight is 647 g/mol. The quantitative estimate of drug-likeness (QED) is 0.261. The Morgan fingerprint density at radius 2 is 1.60 bits per heavy atom. The van der Waals surface area contributed by atoms with Crippen LogP contribution in [0.15, 0.2) is 71.6 Å². The van der Waals surface area contributed by atoms with Gasteiger partial charge in [-0.2, -0.15) is 0 Å². The number of carbonyl (C=O) groups excluding carboxylic acids is 2. The van der Waals surface area contributed by atoms with Crippen molar-refractivity contribution in [3.63, 3.8) is 0 Å². The van der Waals surface area contributed by atoms with E-state index in [0.717, 1.165) is 47.5 Å². The molecule has 0 radical (unpaired) electrons. The molecule has 1 N–H and O–H groups in total. The minimum absolute atomic E-state index is 0.0155. The molecule has 43 heavy (non-hydrogen) atoms. The number of amides is 2. The van der Waals surface area contributed by atoms with Crippen LogP contribution >= 0.6 is 23.2 Å². The Morgan fingerprint density at radius 1 is 0.953 bits per heavy atom. The number of nitrogens with one attached hydrogen (secondary N) is 1. The molecule has 0 unspecified atom stereocenters.